The first-order chi connectivity index (χ1) is 7.11. The summed E-state index contributed by atoms with van der Waals surface area (Å²) >= 11 is 0. The van der Waals surface area contributed by atoms with E-state index in [9.17, 15) is 0 Å². The summed E-state index contributed by atoms with van der Waals surface area (Å²) in [5.74, 6) is 1.43. The second-order valence-electron chi connectivity index (χ2n) is 4.12. The van der Waals surface area contributed by atoms with E-state index in [0.29, 0.717) is 5.92 Å². The Bertz CT molecular complexity index is 271. The Labute approximate surface area is 93.7 Å². The van der Waals surface area contributed by atoms with Crippen molar-refractivity contribution >= 4 is 7.69 Å². The molecule has 0 saturated heterocycles. The molecule has 83 valence electrons. The van der Waals surface area contributed by atoms with Crippen LogP contribution in [0, 0.1) is 5.92 Å². The molecule has 0 aliphatic carbocycles. The van der Waals surface area contributed by atoms with Gasteiger partial charge in [-0.2, -0.15) is 0 Å². The Morgan fingerprint density at radius 2 is 2.13 bits per heavy atom. The van der Waals surface area contributed by atoms with Crippen LogP contribution in [0.5, 0.6) is 0 Å². The van der Waals surface area contributed by atoms with Gasteiger partial charge in [0, 0.05) is 12.0 Å². The first-order valence-electron chi connectivity index (χ1n) is 5.64. The van der Waals surface area contributed by atoms with Crippen molar-refractivity contribution in [2.45, 2.75) is 46.1 Å². The van der Waals surface area contributed by atoms with E-state index in [1.54, 1.807) is 0 Å². The van der Waals surface area contributed by atoms with Gasteiger partial charge in [0.05, 0.1) is 11.4 Å². The van der Waals surface area contributed by atoms with Crippen LogP contribution in [0.2, 0.25) is 0 Å². The van der Waals surface area contributed by atoms with Crippen molar-refractivity contribution < 1.29 is 9.31 Å². The zero-order valence-electron chi connectivity index (χ0n) is 10.2. The molecule has 0 amide bonds. The third-order valence-corrected chi connectivity index (χ3v) is 2.96. The summed E-state index contributed by atoms with van der Waals surface area (Å²) < 4.78 is 11.1. The molecule has 1 aliphatic rings. The molecule has 1 radical (unpaired) electrons. The highest BCUT2D eigenvalue weighted by molar-refractivity contribution is 6.19. The molecule has 0 fully saturated rings. The fourth-order valence-corrected chi connectivity index (χ4v) is 2.19. The lowest BCUT2D eigenvalue weighted by Crippen LogP contribution is -2.40. The third kappa shape index (κ3) is 2.12. The third-order valence-electron chi connectivity index (χ3n) is 2.96. The topological polar surface area (TPSA) is 18.5 Å². The summed E-state index contributed by atoms with van der Waals surface area (Å²) in [5, 5.41) is 0. The van der Waals surface area contributed by atoms with Gasteiger partial charge in [0.25, 0.3) is 0 Å². The van der Waals surface area contributed by atoms with Crippen molar-refractivity contribution in [1.82, 2.24) is 0 Å². The minimum Gasteiger partial charge on any atom is -0.540 e. The molecule has 3 heteroatoms. The van der Waals surface area contributed by atoms with Gasteiger partial charge >= 0.3 is 7.69 Å². The minimum absolute atomic E-state index is 0.363. The van der Waals surface area contributed by atoms with Gasteiger partial charge in [0.1, 0.15) is 0 Å². The van der Waals surface area contributed by atoms with Crippen LogP contribution in [0.4, 0.5) is 0 Å². The summed E-state index contributed by atoms with van der Waals surface area (Å²) in [6.45, 7) is 12.4. The second-order valence-corrected chi connectivity index (χ2v) is 4.12. The average Bonchev–Trinajstić information content (AvgIpc) is 2.27. The molecule has 0 aromatic carbocycles. The van der Waals surface area contributed by atoms with Gasteiger partial charge in [-0.05, 0) is 12.3 Å². The smallest absolute Gasteiger partial charge is 0.540 e. The SMILES string of the molecule is C=CC1(CC)O[B]OC(CC)=C1C(C)C. The maximum Gasteiger partial charge on any atom is 0.573 e. The van der Waals surface area contributed by atoms with E-state index in [1.165, 1.54) is 13.3 Å². The second kappa shape index (κ2) is 4.89. The molecule has 1 aliphatic heterocycles. The molecule has 0 aromatic rings. The maximum atomic E-state index is 5.65. The van der Waals surface area contributed by atoms with Crippen LogP contribution in [0.15, 0.2) is 24.0 Å². The average molecular weight is 207 g/mol. The highest BCUT2D eigenvalue weighted by atomic mass is 16.6. The summed E-state index contributed by atoms with van der Waals surface area (Å²) in [6.07, 6.45) is 3.66. The summed E-state index contributed by atoms with van der Waals surface area (Å²) in [6, 6.07) is 0. The van der Waals surface area contributed by atoms with Crippen LogP contribution in [0.1, 0.15) is 40.5 Å². The normalized spacial score (nSPS) is 26.2. The van der Waals surface area contributed by atoms with Crippen molar-refractivity contribution in [3.05, 3.63) is 24.0 Å². The summed E-state index contributed by atoms with van der Waals surface area (Å²) in [7, 11) is 1.44. The number of rotatable bonds is 4. The van der Waals surface area contributed by atoms with Gasteiger partial charge in [-0.1, -0.05) is 40.3 Å². The molecule has 1 atom stereocenters. The largest absolute Gasteiger partial charge is 0.573 e. The lowest BCUT2D eigenvalue weighted by molar-refractivity contribution is 0.0909. The Morgan fingerprint density at radius 1 is 1.47 bits per heavy atom. The van der Waals surface area contributed by atoms with Gasteiger partial charge in [-0.15, -0.1) is 0 Å². The molecule has 1 heterocycles. The van der Waals surface area contributed by atoms with Crippen molar-refractivity contribution in [3.63, 3.8) is 0 Å². The van der Waals surface area contributed by atoms with Gasteiger partial charge in [0.15, 0.2) is 0 Å². The predicted molar refractivity (Wildman–Crippen MR) is 63.3 cm³/mol. The molecule has 0 saturated carbocycles. The Kier molecular flexibility index (Phi) is 4.03. The van der Waals surface area contributed by atoms with Crippen LogP contribution in [-0.4, -0.2) is 13.3 Å². The molecule has 2 nitrogen and oxygen atoms in total. The quantitative estimate of drug-likeness (QED) is 0.520. The van der Waals surface area contributed by atoms with Crippen LogP contribution >= 0.6 is 0 Å². The summed E-state index contributed by atoms with van der Waals surface area (Å²) in [5.41, 5.74) is 0.864. The fourth-order valence-electron chi connectivity index (χ4n) is 2.19. The minimum atomic E-state index is -0.363. The van der Waals surface area contributed by atoms with Crippen LogP contribution in [-0.2, 0) is 9.31 Å². The van der Waals surface area contributed by atoms with E-state index < -0.39 is 0 Å². The molecular formula is C12H20BO2. The molecule has 1 rings (SSSR count). The van der Waals surface area contributed by atoms with E-state index >= 15 is 0 Å². The van der Waals surface area contributed by atoms with E-state index in [1.807, 2.05) is 6.08 Å². The van der Waals surface area contributed by atoms with E-state index in [2.05, 4.69) is 34.3 Å². The fraction of sp³-hybridized carbons (Fsp3) is 0.667. The van der Waals surface area contributed by atoms with Gasteiger partial charge < -0.3 is 9.31 Å². The molecule has 0 spiro atoms. The molecule has 1 unspecified atom stereocenters. The van der Waals surface area contributed by atoms with Crippen molar-refractivity contribution in [3.8, 4) is 0 Å². The van der Waals surface area contributed by atoms with E-state index in [-0.39, 0.29) is 5.60 Å². The molecule has 0 N–H and O–H groups in total. The first-order valence-corrected chi connectivity index (χ1v) is 5.64. The zero-order valence-corrected chi connectivity index (χ0v) is 10.2. The molecule has 0 bridgehead atoms. The number of hydrogen-bond donors (Lipinski definition) is 0. The highest BCUT2D eigenvalue weighted by Crippen LogP contribution is 2.38. The van der Waals surface area contributed by atoms with Crippen molar-refractivity contribution in [2.75, 3.05) is 0 Å². The Balaban J connectivity index is 3.21. The molecule has 15 heavy (non-hydrogen) atoms. The molecule has 0 aromatic heterocycles. The number of allylic oxidation sites excluding steroid dienone is 1. The van der Waals surface area contributed by atoms with Crippen LogP contribution in [0.25, 0.3) is 0 Å². The van der Waals surface area contributed by atoms with E-state index in [4.69, 9.17) is 9.31 Å². The van der Waals surface area contributed by atoms with E-state index in [0.717, 1.165) is 18.6 Å². The lowest BCUT2D eigenvalue weighted by atomic mass is 9.80. The Hall–Kier alpha value is -0.695. The standard InChI is InChI=1S/C12H20BO2/c1-6-10-11(9(4)5)12(7-2,8-3)15-13-14-10/h7,9H,2,6,8H2,1,3-5H3. The Morgan fingerprint density at radius 3 is 2.53 bits per heavy atom. The van der Waals surface area contributed by atoms with Gasteiger partial charge in [-0.3, -0.25) is 0 Å². The molecular weight excluding hydrogens is 187 g/mol. The predicted octanol–water partition coefficient (Wildman–Crippen LogP) is 3.22. The first kappa shape index (κ1) is 12.4. The monoisotopic (exact) mass is 207 g/mol. The summed E-state index contributed by atoms with van der Waals surface area (Å²) in [4.78, 5) is 0. The number of hydrogen-bond acceptors (Lipinski definition) is 2. The maximum absolute atomic E-state index is 5.65. The van der Waals surface area contributed by atoms with Gasteiger partial charge in [0.2, 0.25) is 0 Å². The van der Waals surface area contributed by atoms with Crippen molar-refractivity contribution in [2.24, 2.45) is 5.92 Å². The van der Waals surface area contributed by atoms with Crippen LogP contribution in [0.3, 0.4) is 0 Å². The highest BCUT2D eigenvalue weighted by Gasteiger charge is 2.38. The van der Waals surface area contributed by atoms with Gasteiger partial charge in [-0.25, -0.2) is 0 Å². The lowest BCUT2D eigenvalue weighted by Gasteiger charge is -2.39. The van der Waals surface area contributed by atoms with Crippen molar-refractivity contribution in [1.29, 1.82) is 0 Å². The zero-order chi connectivity index (χ0) is 11.5. The van der Waals surface area contributed by atoms with Crippen LogP contribution < -0.4 is 0 Å².